The molecule has 1 atom stereocenters. The van der Waals surface area contributed by atoms with Gasteiger partial charge in [0.1, 0.15) is 11.6 Å². The molecule has 2 heterocycles. The quantitative estimate of drug-likeness (QED) is 0.706. The summed E-state index contributed by atoms with van der Waals surface area (Å²) in [6, 6.07) is 0. The molecular formula is C9H16N4. The van der Waals surface area contributed by atoms with Gasteiger partial charge in [0.2, 0.25) is 0 Å². The van der Waals surface area contributed by atoms with Gasteiger partial charge in [-0.3, -0.25) is 4.57 Å². The van der Waals surface area contributed by atoms with Gasteiger partial charge in [-0.15, -0.1) is 10.2 Å². The minimum absolute atomic E-state index is 0.0937. The van der Waals surface area contributed by atoms with E-state index in [9.17, 15) is 0 Å². The summed E-state index contributed by atoms with van der Waals surface area (Å²) in [4.78, 5) is 0. The van der Waals surface area contributed by atoms with Crippen molar-refractivity contribution in [3.05, 3.63) is 11.6 Å². The molecular weight excluding hydrogens is 164 g/mol. The highest BCUT2D eigenvalue weighted by molar-refractivity contribution is 5.04. The maximum absolute atomic E-state index is 6.01. The molecule has 72 valence electrons. The topological polar surface area (TPSA) is 56.7 Å². The zero-order chi connectivity index (χ0) is 9.42. The Balaban J connectivity index is 2.44. The highest BCUT2D eigenvalue weighted by Gasteiger charge is 2.22. The molecule has 0 fully saturated rings. The number of fused-ring (bicyclic) bond motifs is 1. The van der Waals surface area contributed by atoms with Gasteiger partial charge in [-0.2, -0.15) is 0 Å². The van der Waals surface area contributed by atoms with Crippen LogP contribution in [0, 0.1) is 0 Å². The average molecular weight is 180 g/mol. The van der Waals surface area contributed by atoms with Crippen LogP contribution in [0.5, 0.6) is 0 Å². The molecule has 0 bridgehead atoms. The smallest absolute Gasteiger partial charge is 0.136 e. The predicted molar refractivity (Wildman–Crippen MR) is 50.3 cm³/mol. The van der Waals surface area contributed by atoms with E-state index >= 15 is 0 Å². The maximum Gasteiger partial charge on any atom is 0.136 e. The largest absolute Gasteiger partial charge is 0.311 e. The first-order valence-corrected chi connectivity index (χ1v) is 4.89. The summed E-state index contributed by atoms with van der Waals surface area (Å²) in [7, 11) is 0. The minimum atomic E-state index is 0.0937. The number of nitrogens with two attached hydrogens (primary N) is 1. The molecule has 1 aliphatic rings. The fraction of sp³-hybridized carbons (Fsp3) is 0.778. The van der Waals surface area contributed by atoms with Crippen molar-refractivity contribution in [2.24, 2.45) is 5.73 Å². The van der Waals surface area contributed by atoms with E-state index < -0.39 is 0 Å². The predicted octanol–water partition coefficient (Wildman–Crippen LogP) is 1.20. The SMILES string of the molecule is CC(C)c1nnc2n1C(N)CCC2. The van der Waals surface area contributed by atoms with Crippen molar-refractivity contribution in [3.63, 3.8) is 0 Å². The Kier molecular flexibility index (Phi) is 2.07. The van der Waals surface area contributed by atoms with E-state index in [4.69, 9.17) is 5.73 Å². The zero-order valence-electron chi connectivity index (χ0n) is 8.20. The fourth-order valence-corrected chi connectivity index (χ4v) is 1.86. The minimum Gasteiger partial charge on any atom is -0.311 e. The van der Waals surface area contributed by atoms with Gasteiger partial charge in [0, 0.05) is 12.3 Å². The lowest BCUT2D eigenvalue weighted by Crippen LogP contribution is -2.26. The van der Waals surface area contributed by atoms with Crippen LogP contribution >= 0.6 is 0 Å². The Bertz CT molecular complexity index is 303. The van der Waals surface area contributed by atoms with E-state index in [2.05, 4.69) is 28.6 Å². The van der Waals surface area contributed by atoms with Gasteiger partial charge in [-0.1, -0.05) is 13.8 Å². The number of rotatable bonds is 1. The lowest BCUT2D eigenvalue weighted by molar-refractivity contribution is 0.392. The molecule has 0 spiro atoms. The molecule has 0 saturated carbocycles. The van der Waals surface area contributed by atoms with Crippen LogP contribution in [-0.4, -0.2) is 14.8 Å². The second kappa shape index (κ2) is 3.10. The summed E-state index contributed by atoms with van der Waals surface area (Å²) in [5, 5.41) is 8.34. The second-order valence-corrected chi connectivity index (χ2v) is 3.96. The van der Waals surface area contributed by atoms with Crippen molar-refractivity contribution < 1.29 is 0 Å². The molecule has 0 amide bonds. The molecule has 2 rings (SSSR count). The normalized spacial score (nSPS) is 22.0. The Morgan fingerprint density at radius 1 is 1.46 bits per heavy atom. The second-order valence-electron chi connectivity index (χ2n) is 3.96. The van der Waals surface area contributed by atoms with E-state index in [0.29, 0.717) is 5.92 Å². The molecule has 0 radical (unpaired) electrons. The highest BCUT2D eigenvalue weighted by Crippen LogP contribution is 2.24. The van der Waals surface area contributed by atoms with Gasteiger partial charge in [0.05, 0.1) is 6.17 Å². The van der Waals surface area contributed by atoms with Crippen LogP contribution in [0.2, 0.25) is 0 Å². The average Bonchev–Trinajstić information content (AvgIpc) is 2.49. The van der Waals surface area contributed by atoms with Crippen molar-refractivity contribution in [2.45, 2.75) is 45.2 Å². The zero-order valence-corrected chi connectivity index (χ0v) is 8.20. The third kappa shape index (κ3) is 1.35. The van der Waals surface area contributed by atoms with Crippen molar-refractivity contribution in [1.82, 2.24) is 14.8 Å². The van der Waals surface area contributed by atoms with E-state index in [1.807, 2.05) is 0 Å². The first-order chi connectivity index (χ1) is 6.20. The van der Waals surface area contributed by atoms with Crippen LogP contribution in [0.3, 0.4) is 0 Å². The monoisotopic (exact) mass is 180 g/mol. The van der Waals surface area contributed by atoms with Crippen LogP contribution in [0.1, 0.15) is 50.4 Å². The van der Waals surface area contributed by atoms with Crippen molar-refractivity contribution in [3.8, 4) is 0 Å². The lowest BCUT2D eigenvalue weighted by Gasteiger charge is -2.23. The molecule has 0 saturated heterocycles. The molecule has 4 nitrogen and oxygen atoms in total. The summed E-state index contributed by atoms with van der Waals surface area (Å²) in [5.41, 5.74) is 6.01. The van der Waals surface area contributed by atoms with E-state index in [-0.39, 0.29) is 6.17 Å². The van der Waals surface area contributed by atoms with Gasteiger partial charge < -0.3 is 5.73 Å². The summed E-state index contributed by atoms with van der Waals surface area (Å²) >= 11 is 0. The summed E-state index contributed by atoms with van der Waals surface area (Å²) in [6.07, 6.45) is 3.30. The van der Waals surface area contributed by atoms with Crippen LogP contribution < -0.4 is 5.73 Å². The molecule has 4 heteroatoms. The fourth-order valence-electron chi connectivity index (χ4n) is 1.86. The Labute approximate surface area is 78.1 Å². The molecule has 1 aliphatic heterocycles. The molecule has 1 aromatic heterocycles. The van der Waals surface area contributed by atoms with Gasteiger partial charge in [0.25, 0.3) is 0 Å². The van der Waals surface area contributed by atoms with Crippen molar-refractivity contribution in [2.75, 3.05) is 0 Å². The molecule has 1 aromatic rings. The van der Waals surface area contributed by atoms with E-state index in [0.717, 1.165) is 30.9 Å². The van der Waals surface area contributed by atoms with E-state index in [1.165, 1.54) is 0 Å². The Hall–Kier alpha value is -0.900. The molecule has 13 heavy (non-hydrogen) atoms. The summed E-state index contributed by atoms with van der Waals surface area (Å²) < 4.78 is 2.11. The molecule has 0 aliphatic carbocycles. The molecule has 0 aromatic carbocycles. The van der Waals surface area contributed by atoms with E-state index in [1.54, 1.807) is 0 Å². The summed E-state index contributed by atoms with van der Waals surface area (Å²) in [6.45, 7) is 4.25. The van der Waals surface area contributed by atoms with Crippen molar-refractivity contribution >= 4 is 0 Å². The highest BCUT2D eigenvalue weighted by atomic mass is 15.3. The first-order valence-electron chi connectivity index (χ1n) is 4.89. The number of hydrogen-bond donors (Lipinski definition) is 1. The van der Waals surface area contributed by atoms with Crippen LogP contribution in [0.4, 0.5) is 0 Å². The Morgan fingerprint density at radius 2 is 2.23 bits per heavy atom. The maximum atomic E-state index is 6.01. The third-order valence-corrected chi connectivity index (χ3v) is 2.54. The first kappa shape index (κ1) is 8.69. The molecule has 1 unspecified atom stereocenters. The van der Waals surface area contributed by atoms with Crippen LogP contribution in [0.15, 0.2) is 0 Å². The summed E-state index contributed by atoms with van der Waals surface area (Å²) in [5.74, 6) is 2.50. The lowest BCUT2D eigenvalue weighted by atomic mass is 10.1. The van der Waals surface area contributed by atoms with Gasteiger partial charge in [0.15, 0.2) is 0 Å². The standard InChI is InChI=1S/C9H16N4/c1-6(2)9-12-11-8-5-3-4-7(10)13(8)9/h6-7H,3-5,10H2,1-2H3. The number of nitrogens with zero attached hydrogens (tertiary/aromatic N) is 3. The number of hydrogen-bond acceptors (Lipinski definition) is 3. The van der Waals surface area contributed by atoms with Crippen molar-refractivity contribution in [1.29, 1.82) is 0 Å². The number of aryl methyl sites for hydroxylation is 1. The van der Waals surface area contributed by atoms with Gasteiger partial charge >= 0.3 is 0 Å². The number of aromatic nitrogens is 3. The molecule has 2 N–H and O–H groups in total. The Morgan fingerprint density at radius 3 is 2.92 bits per heavy atom. The van der Waals surface area contributed by atoms with Crippen LogP contribution in [-0.2, 0) is 6.42 Å². The third-order valence-electron chi connectivity index (χ3n) is 2.54. The van der Waals surface area contributed by atoms with Gasteiger partial charge in [-0.05, 0) is 12.8 Å². The van der Waals surface area contributed by atoms with Crippen LogP contribution in [0.25, 0.3) is 0 Å². The van der Waals surface area contributed by atoms with Gasteiger partial charge in [-0.25, -0.2) is 0 Å².